The van der Waals surface area contributed by atoms with Gasteiger partial charge in [-0.1, -0.05) is 6.07 Å². The molecule has 0 atom stereocenters. The lowest BCUT2D eigenvalue weighted by Gasteiger charge is -2.13. The average molecular weight is 267 g/mol. The van der Waals surface area contributed by atoms with Gasteiger partial charge in [-0.3, -0.25) is 9.99 Å². The second kappa shape index (κ2) is 5.13. The molecule has 0 fully saturated rings. The Hall–Kier alpha value is -2.69. The van der Waals surface area contributed by atoms with E-state index in [0.29, 0.717) is 0 Å². The van der Waals surface area contributed by atoms with E-state index in [2.05, 4.69) is 10.1 Å². The fourth-order valence-electron chi connectivity index (χ4n) is 2.13. The zero-order valence-electron chi connectivity index (χ0n) is 10.7. The summed E-state index contributed by atoms with van der Waals surface area (Å²) in [6.07, 6.45) is 2.58. The van der Waals surface area contributed by atoms with Gasteiger partial charge in [0.15, 0.2) is 0 Å². The Bertz CT molecular complexity index is 651. The summed E-state index contributed by atoms with van der Waals surface area (Å²) in [4.78, 5) is 15.1. The van der Waals surface area contributed by atoms with Gasteiger partial charge in [0.1, 0.15) is 0 Å². The molecule has 0 unspecified atom stereocenters. The minimum Gasteiger partial charge on any atom is -0.478 e. The summed E-state index contributed by atoms with van der Waals surface area (Å²) in [5.41, 5.74) is 3.01. The number of carbonyl (C=O) groups is 1. The monoisotopic (exact) mass is 267 g/mol. The molecule has 3 rings (SSSR count). The van der Waals surface area contributed by atoms with Gasteiger partial charge < -0.3 is 5.11 Å². The predicted molar refractivity (Wildman–Crippen MR) is 76.1 cm³/mol. The van der Waals surface area contributed by atoms with E-state index in [1.54, 1.807) is 30.5 Å². The van der Waals surface area contributed by atoms with Crippen LogP contribution in [-0.2, 0) is 0 Å². The van der Waals surface area contributed by atoms with Crippen molar-refractivity contribution in [1.29, 1.82) is 0 Å². The van der Waals surface area contributed by atoms with Crippen molar-refractivity contribution in [1.82, 2.24) is 4.98 Å². The lowest BCUT2D eigenvalue weighted by atomic mass is 10.2. The summed E-state index contributed by atoms with van der Waals surface area (Å²) in [7, 11) is 0. The van der Waals surface area contributed by atoms with Crippen LogP contribution in [0.2, 0.25) is 0 Å². The van der Waals surface area contributed by atoms with Crippen LogP contribution in [0.5, 0.6) is 0 Å². The molecule has 2 aromatic rings. The Morgan fingerprint density at radius 3 is 2.60 bits per heavy atom. The third-order valence-corrected chi connectivity index (χ3v) is 3.17. The molecule has 0 radical (unpaired) electrons. The van der Waals surface area contributed by atoms with Gasteiger partial charge in [-0.15, -0.1) is 0 Å². The second-order valence-electron chi connectivity index (χ2n) is 4.49. The molecule has 0 saturated carbocycles. The first-order chi connectivity index (χ1) is 9.74. The largest absolute Gasteiger partial charge is 0.478 e. The molecule has 1 N–H and O–H groups in total. The highest BCUT2D eigenvalue weighted by atomic mass is 16.4. The summed E-state index contributed by atoms with van der Waals surface area (Å²) in [6.45, 7) is 0.776. The Morgan fingerprint density at radius 2 is 1.95 bits per heavy atom. The summed E-state index contributed by atoms with van der Waals surface area (Å²) >= 11 is 0. The first-order valence-electron chi connectivity index (χ1n) is 6.34. The average Bonchev–Trinajstić information content (AvgIpc) is 2.98. The fourth-order valence-corrected chi connectivity index (χ4v) is 2.13. The number of anilines is 1. The number of hydrogen-bond donors (Lipinski definition) is 1. The highest BCUT2D eigenvalue weighted by Crippen LogP contribution is 2.21. The van der Waals surface area contributed by atoms with Crippen molar-refractivity contribution < 1.29 is 9.90 Å². The molecule has 0 bridgehead atoms. The van der Waals surface area contributed by atoms with E-state index in [0.717, 1.165) is 30.1 Å². The molecule has 0 aliphatic carbocycles. The number of hydrogen-bond acceptors (Lipinski definition) is 4. The number of benzene rings is 1. The van der Waals surface area contributed by atoms with Crippen LogP contribution in [0.1, 0.15) is 22.5 Å². The van der Waals surface area contributed by atoms with Gasteiger partial charge >= 0.3 is 5.97 Å². The molecule has 1 aromatic carbocycles. The number of carboxylic acid groups (broad SMARTS) is 1. The summed E-state index contributed by atoms with van der Waals surface area (Å²) < 4.78 is 0. The van der Waals surface area contributed by atoms with Crippen molar-refractivity contribution in [3.05, 3.63) is 59.9 Å². The van der Waals surface area contributed by atoms with E-state index < -0.39 is 5.97 Å². The molecule has 5 heteroatoms. The molecular formula is C15H13N3O2. The molecule has 0 amide bonds. The molecule has 100 valence electrons. The van der Waals surface area contributed by atoms with Gasteiger partial charge in [0, 0.05) is 19.2 Å². The van der Waals surface area contributed by atoms with Crippen LogP contribution in [0.3, 0.4) is 0 Å². The van der Waals surface area contributed by atoms with Crippen LogP contribution in [0, 0.1) is 0 Å². The van der Waals surface area contributed by atoms with Crippen LogP contribution >= 0.6 is 0 Å². The number of rotatable bonds is 3. The maximum absolute atomic E-state index is 10.8. The van der Waals surface area contributed by atoms with Gasteiger partial charge in [-0.25, -0.2) is 4.79 Å². The number of hydrazone groups is 1. The van der Waals surface area contributed by atoms with E-state index in [1.165, 1.54) is 0 Å². The van der Waals surface area contributed by atoms with E-state index in [-0.39, 0.29) is 5.56 Å². The van der Waals surface area contributed by atoms with E-state index >= 15 is 0 Å². The Morgan fingerprint density at radius 1 is 1.15 bits per heavy atom. The summed E-state index contributed by atoms with van der Waals surface area (Å²) in [6, 6.07) is 12.5. The predicted octanol–water partition coefficient (Wildman–Crippen LogP) is 2.39. The van der Waals surface area contributed by atoms with Crippen molar-refractivity contribution >= 4 is 17.4 Å². The van der Waals surface area contributed by atoms with E-state index in [4.69, 9.17) is 5.11 Å². The van der Waals surface area contributed by atoms with Gasteiger partial charge in [-0.05, 0) is 36.4 Å². The Kier molecular flexibility index (Phi) is 3.16. The summed E-state index contributed by atoms with van der Waals surface area (Å²) in [5, 5.41) is 15.3. The third-order valence-electron chi connectivity index (χ3n) is 3.17. The van der Waals surface area contributed by atoms with Gasteiger partial charge in [0.05, 0.1) is 22.7 Å². The van der Waals surface area contributed by atoms with Crippen molar-refractivity contribution in [2.45, 2.75) is 6.42 Å². The third kappa shape index (κ3) is 2.38. The van der Waals surface area contributed by atoms with Crippen LogP contribution in [-0.4, -0.2) is 28.3 Å². The van der Waals surface area contributed by atoms with Crippen LogP contribution in [0.4, 0.5) is 5.69 Å². The second-order valence-corrected chi connectivity index (χ2v) is 4.49. The number of pyridine rings is 1. The summed E-state index contributed by atoms with van der Waals surface area (Å²) in [5.74, 6) is -0.921. The van der Waals surface area contributed by atoms with Crippen molar-refractivity contribution in [2.75, 3.05) is 11.6 Å². The quantitative estimate of drug-likeness (QED) is 0.927. The van der Waals surface area contributed by atoms with Crippen LogP contribution < -0.4 is 5.01 Å². The molecule has 0 spiro atoms. The highest BCUT2D eigenvalue weighted by molar-refractivity contribution is 6.01. The Labute approximate surface area is 116 Å². The van der Waals surface area contributed by atoms with Crippen molar-refractivity contribution in [2.24, 2.45) is 5.10 Å². The lowest BCUT2D eigenvalue weighted by Crippen LogP contribution is -2.11. The molecule has 20 heavy (non-hydrogen) atoms. The molecule has 1 aliphatic heterocycles. The van der Waals surface area contributed by atoms with E-state index in [9.17, 15) is 4.79 Å². The first-order valence-corrected chi connectivity index (χ1v) is 6.34. The van der Waals surface area contributed by atoms with Crippen molar-refractivity contribution in [3.8, 4) is 0 Å². The van der Waals surface area contributed by atoms with Gasteiger partial charge in [0.2, 0.25) is 0 Å². The first kappa shape index (κ1) is 12.3. The normalized spacial score (nSPS) is 14.2. The standard InChI is InChI=1S/C15H13N3O2/c19-15(20)11-4-6-12(7-5-11)18-10-8-14(17-18)13-3-1-2-9-16-13/h1-7,9H,8,10H2,(H,19,20). The number of aromatic nitrogens is 1. The molecule has 1 aromatic heterocycles. The number of aromatic carboxylic acids is 1. The minimum atomic E-state index is -0.921. The minimum absolute atomic E-state index is 0.280. The van der Waals surface area contributed by atoms with Crippen LogP contribution in [0.25, 0.3) is 0 Å². The van der Waals surface area contributed by atoms with Gasteiger partial charge in [0.25, 0.3) is 0 Å². The highest BCUT2D eigenvalue weighted by Gasteiger charge is 2.18. The maximum atomic E-state index is 10.8. The molecular weight excluding hydrogens is 254 g/mol. The number of carboxylic acids is 1. The van der Waals surface area contributed by atoms with Crippen molar-refractivity contribution in [3.63, 3.8) is 0 Å². The molecule has 0 saturated heterocycles. The smallest absolute Gasteiger partial charge is 0.335 e. The molecule has 1 aliphatic rings. The lowest BCUT2D eigenvalue weighted by molar-refractivity contribution is 0.0697. The maximum Gasteiger partial charge on any atom is 0.335 e. The molecule has 2 heterocycles. The fraction of sp³-hybridized carbons (Fsp3) is 0.133. The van der Waals surface area contributed by atoms with E-state index in [1.807, 2.05) is 23.2 Å². The zero-order valence-corrected chi connectivity index (χ0v) is 10.7. The SMILES string of the molecule is O=C(O)c1ccc(N2CCC(c3ccccn3)=N2)cc1. The number of nitrogens with zero attached hydrogens (tertiary/aromatic N) is 3. The van der Waals surface area contributed by atoms with Crippen LogP contribution in [0.15, 0.2) is 53.8 Å². The Balaban J connectivity index is 1.82. The zero-order chi connectivity index (χ0) is 13.9. The van der Waals surface area contributed by atoms with Gasteiger partial charge in [-0.2, -0.15) is 5.10 Å². The molecule has 5 nitrogen and oxygen atoms in total. The topological polar surface area (TPSA) is 65.8 Å².